The van der Waals surface area contributed by atoms with Gasteiger partial charge in [0, 0.05) is 18.8 Å². The highest BCUT2D eigenvalue weighted by molar-refractivity contribution is 5.53. The lowest BCUT2D eigenvalue weighted by molar-refractivity contribution is 0.556. The number of aryl methyl sites for hydroxylation is 1. The quantitative estimate of drug-likeness (QED) is 0.733. The van der Waals surface area contributed by atoms with Crippen molar-refractivity contribution in [2.24, 2.45) is 0 Å². The second-order valence-corrected chi connectivity index (χ2v) is 4.87. The fourth-order valence-corrected chi connectivity index (χ4v) is 2.48. The number of hydrogen-bond acceptors (Lipinski definition) is 2. The van der Waals surface area contributed by atoms with E-state index >= 15 is 0 Å². The van der Waals surface area contributed by atoms with E-state index in [2.05, 4.69) is 23.1 Å². The van der Waals surface area contributed by atoms with Crippen LogP contribution in [0.5, 0.6) is 0 Å². The summed E-state index contributed by atoms with van der Waals surface area (Å²) >= 11 is 0. The largest absolute Gasteiger partial charge is 0.372 e. The maximum Gasteiger partial charge on any atom is 0.0994 e. The second-order valence-electron chi connectivity index (χ2n) is 4.87. The predicted molar refractivity (Wildman–Crippen MR) is 71.2 cm³/mol. The van der Waals surface area contributed by atoms with Gasteiger partial charge < -0.3 is 4.90 Å². The van der Waals surface area contributed by atoms with E-state index in [1.54, 1.807) is 0 Å². The molecular formula is C15H20N2. The molecule has 0 unspecified atom stereocenters. The van der Waals surface area contributed by atoms with E-state index in [-0.39, 0.29) is 0 Å². The van der Waals surface area contributed by atoms with Gasteiger partial charge in [-0.15, -0.1) is 0 Å². The SMILES string of the molecule is Cc1cc(N2CCCCCCC2)ccc1C#N. The molecule has 0 amide bonds. The van der Waals surface area contributed by atoms with Crippen LogP contribution in [0.15, 0.2) is 18.2 Å². The summed E-state index contributed by atoms with van der Waals surface area (Å²) in [4.78, 5) is 2.47. The van der Waals surface area contributed by atoms with E-state index in [0.717, 1.165) is 24.2 Å². The van der Waals surface area contributed by atoms with Crippen LogP contribution in [0.25, 0.3) is 0 Å². The molecule has 90 valence electrons. The molecule has 0 saturated carbocycles. The Balaban J connectivity index is 2.15. The molecular weight excluding hydrogens is 208 g/mol. The Labute approximate surface area is 104 Å². The maximum absolute atomic E-state index is 8.94. The zero-order valence-corrected chi connectivity index (χ0v) is 10.6. The fraction of sp³-hybridized carbons (Fsp3) is 0.533. The molecule has 2 nitrogen and oxygen atoms in total. The van der Waals surface area contributed by atoms with Crippen molar-refractivity contribution in [2.75, 3.05) is 18.0 Å². The Bertz CT molecular complexity index is 409. The lowest BCUT2D eigenvalue weighted by Crippen LogP contribution is -2.27. The van der Waals surface area contributed by atoms with Crippen LogP contribution in [-0.2, 0) is 0 Å². The van der Waals surface area contributed by atoms with Gasteiger partial charge in [-0.05, 0) is 43.5 Å². The number of hydrogen-bond donors (Lipinski definition) is 0. The summed E-state index contributed by atoms with van der Waals surface area (Å²) < 4.78 is 0. The molecule has 0 N–H and O–H groups in total. The molecule has 17 heavy (non-hydrogen) atoms. The van der Waals surface area contributed by atoms with Crippen LogP contribution in [-0.4, -0.2) is 13.1 Å². The smallest absolute Gasteiger partial charge is 0.0994 e. The normalized spacial score (nSPS) is 17.1. The fourth-order valence-electron chi connectivity index (χ4n) is 2.48. The van der Waals surface area contributed by atoms with Crippen LogP contribution in [0.3, 0.4) is 0 Å². The molecule has 0 aromatic heterocycles. The first-order valence-electron chi connectivity index (χ1n) is 6.57. The molecule has 1 saturated heterocycles. The van der Waals surface area contributed by atoms with Gasteiger partial charge in [0.25, 0.3) is 0 Å². The van der Waals surface area contributed by atoms with Gasteiger partial charge in [0.05, 0.1) is 11.6 Å². The highest BCUT2D eigenvalue weighted by atomic mass is 15.1. The minimum atomic E-state index is 0.792. The highest BCUT2D eigenvalue weighted by Crippen LogP contribution is 2.21. The van der Waals surface area contributed by atoms with Crippen LogP contribution in [0.1, 0.15) is 43.2 Å². The number of anilines is 1. The predicted octanol–water partition coefficient (Wildman–Crippen LogP) is 3.64. The minimum Gasteiger partial charge on any atom is -0.372 e. The highest BCUT2D eigenvalue weighted by Gasteiger charge is 2.10. The Morgan fingerprint density at radius 3 is 2.29 bits per heavy atom. The van der Waals surface area contributed by atoms with Crippen LogP contribution in [0, 0.1) is 18.3 Å². The second kappa shape index (κ2) is 5.72. The molecule has 1 aliphatic heterocycles. The number of nitriles is 1. The molecule has 1 aromatic rings. The molecule has 0 radical (unpaired) electrons. The molecule has 2 rings (SSSR count). The molecule has 0 atom stereocenters. The van der Waals surface area contributed by atoms with E-state index in [1.165, 1.54) is 37.8 Å². The summed E-state index contributed by atoms with van der Waals surface area (Å²) in [5, 5.41) is 8.94. The molecule has 1 aromatic carbocycles. The molecule has 1 aliphatic rings. The Hall–Kier alpha value is -1.49. The first kappa shape index (κ1) is 12.0. The Morgan fingerprint density at radius 2 is 1.71 bits per heavy atom. The monoisotopic (exact) mass is 228 g/mol. The Morgan fingerprint density at radius 1 is 1.06 bits per heavy atom. The van der Waals surface area contributed by atoms with Crippen molar-refractivity contribution in [3.05, 3.63) is 29.3 Å². The molecule has 1 heterocycles. The van der Waals surface area contributed by atoms with Crippen molar-refractivity contribution >= 4 is 5.69 Å². The van der Waals surface area contributed by atoms with Crippen molar-refractivity contribution in [3.8, 4) is 6.07 Å². The minimum absolute atomic E-state index is 0.792. The summed E-state index contributed by atoms with van der Waals surface area (Å²) in [5.74, 6) is 0. The number of nitrogens with zero attached hydrogens (tertiary/aromatic N) is 2. The van der Waals surface area contributed by atoms with E-state index in [9.17, 15) is 0 Å². The topological polar surface area (TPSA) is 27.0 Å². The van der Waals surface area contributed by atoms with E-state index in [4.69, 9.17) is 5.26 Å². The van der Waals surface area contributed by atoms with Gasteiger partial charge in [-0.1, -0.05) is 19.3 Å². The third kappa shape index (κ3) is 3.00. The average Bonchev–Trinajstić information content (AvgIpc) is 2.28. The van der Waals surface area contributed by atoms with Crippen LogP contribution < -0.4 is 4.90 Å². The molecule has 1 fully saturated rings. The summed E-state index contributed by atoms with van der Waals surface area (Å²) in [6, 6.07) is 8.42. The van der Waals surface area contributed by atoms with Crippen LogP contribution >= 0.6 is 0 Å². The number of rotatable bonds is 1. The summed E-state index contributed by atoms with van der Waals surface area (Å²) in [6.07, 6.45) is 6.68. The van der Waals surface area contributed by atoms with E-state index in [0.29, 0.717) is 0 Å². The van der Waals surface area contributed by atoms with Crippen molar-refractivity contribution < 1.29 is 0 Å². The standard InChI is InChI=1S/C15H20N2/c1-13-11-15(8-7-14(13)12-16)17-9-5-3-2-4-6-10-17/h7-8,11H,2-6,9-10H2,1H3. The summed E-state index contributed by atoms with van der Waals surface area (Å²) in [5.41, 5.74) is 3.16. The lowest BCUT2D eigenvalue weighted by atomic mass is 10.1. The van der Waals surface area contributed by atoms with Gasteiger partial charge in [-0.3, -0.25) is 0 Å². The molecule has 0 bridgehead atoms. The van der Waals surface area contributed by atoms with E-state index < -0.39 is 0 Å². The lowest BCUT2D eigenvalue weighted by Gasteiger charge is -2.27. The van der Waals surface area contributed by atoms with Gasteiger partial charge in [-0.2, -0.15) is 5.26 Å². The van der Waals surface area contributed by atoms with Gasteiger partial charge >= 0.3 is 0 Å². The van der Waals surface area contributed by atoms with Crippen LogP contribution in [0.2, 0.25) is 0 Å². The zero-order chi connectivity index (χ0) is 12.1. The van der Waals surface area contributed by atoms with Gasteiger partial charge in [0.1, 0.15) is 0 Å². The van der Waals surface area contributed by atoms with Crippen molar-refractivity contribution in [1.29, 1.82) is 5.26 Å². The van der Waals surface area contributed by atoms with Crippen molar-refractivity contribution in [3.63, 3.8) is 0 Å². The zero-order valence-electron chi connectivity index (χ0n) is 10.6. The maximum atomic E-state index is 8.94. The third-order valence-electron chi connectivity index (χ3n) is 3.55. The third-order valence-corrected chi connectivity index (χ3v) is 3.55. The van der Waals surface area contributed by atoms with Gasteiger partial charge in [-0.25, -0.2) is 0 Å². The molecule has 0 spiro atoms. The molecule has 0 aliphatic carbocycles. The molecule has 2 heteroatoms. The van der Waals surface area contributed by atoms with E-state index in [1.807, 2.05) is 13.0 Å². The van der Waals surface area contributed by atoms with Crippen LogP contribution in [0.4, 0.5) is 5.69 Å². The first-order valence-corrected chi connectivity index (χ1v) is 6.57. The van der Waals surface area contributed by atoms with Gasteiger partial charge in [0.15, 0.2) is 0 Å². The van der Waals surface area contributed by atoms with Gasteiger partial charge in [0.2, 0.25) is 0 Å². The summed E-state index contributed by atoms with van der Waals surface area (Å²) in [7, 11) is 0. The Kier molecular flexibility index (Phi) is 4.03. The first-order chi connectivity index (χ1) is 8.31. The van der Waals surface area contributed by atoms with Crippen molar-refractivity contribution in [2.45, 2.75) is 39.0 Å². The summed E-state index contributed by atoms with van der Waals surface area (Å²) in [6.45, 7) is 4.34. The van der Waals surface area contributed by atoms with Crippen molar-refractivity contribution in [1.82, 2.24) is 0 Å². The average molecular weight is 228 g/mol. The number of benzene rings is 1.